The van der Waals surface area contributed by atoms with Crippen LogP contribution in [0.3, 0.4) is 0 Å². The van der Waals surface area contributed by atoms with Crippen LogP contribution in [0.25, 0.3) is 10.9 Å². The molecule has 0 bridgehead atoms. The van der Waals surface area contributed by atoms with Crippen LogP contribution in [0.1, 0.15) is 16.1 Å². The third-order valence-corrected chi connectivity index (χ3v) is 4.05. The Hall–Kier alpha value is -2.17. The van der Waals surface area contributed by atoms with Gasteiger partial charge in [-0.25, -0.2) is 0 Å². The molecule has 0 spiro atoms. The van der Waals surface area contributed by atoms with Crippen molar-refractivity contribution in [3.8, 4) is 5.75 Å². The van der Waals surface area contributed by atoms with Gasteiger partial charge in [-0.1, -0.05) is 23.2 Å². The monoisotopic (exact) mass is 348 g/mol. The summed E-state index contributed by atoms with van der Waals surface area (Å²) in [6, 6.07) is 10.5. The zero-order chi connectivity index (χ0) is 16.6. The van der Waals surface area contributed by atoms with Crippen LogP contribution in [-0.2, 0) is 0 Å². The molecule has 0 saturated carbocycles. The number of carbonyl (C=O) groups excluding carboxylic acids is 1. The molecule has 2 aromatic carbocycles. The molecule has 0 radical (unpaired) electrons. The molecule has 0 unspecified atom stereocenters. The van der Waals surface area contributed by atoms with E-state index in [4.69, 9.17) is 27.9 Å². The molecule has 1 aromatic heterocycles. The van der Waals surface area contributed by atoms with Crippen molar-refractivity contribution in [3.63, 3.8) is 0 Å². The van der Waals surface area contributed by atoms with E-state index in [-0.39, 0.29) is 5.91 Å². The first kappa shape index (κ1) is 15.7. The number of hydrogen-bond acceptors (Lipinski definition) is 2. The molecule has 0 saturated heterocycles. The van der Waals surface area contributed by atoms with Crippen LogP contribution < -0.4 is 10.1 Å². The van der Waals surface area contributed by atoms with Crippen LogP contribution in [0.5, 0.6) is 5.75 Å². The van der Waals surface area contributed by atoms with Crippen molar-refractivity contribution >= 4 is 45.7 Å². The number of fused-ring (bicyclic) bond motifs is 1. The van der Waals surface area contributed by atoms with Crippen LogP contribution in [0.2, 0.25) is 10.0 Å². The highest BCUT2D eigenvalue weighted by atomic mass is 35.5. The molecule has 1 heterocycles. The molecule has 0 aliphatic carbocycles. The van der Waals surface area contributed by atoms with Gasteiger partial charge < -0.3 is 15.0 Å². The molecule has 0 atom stereocenters. The van der Waals surface area contributed by atoms with E-state index >= 15 is 0 Å². The fraction of sp³-hybridized carbons (Fsp3) is 0.118. The van der Waals surface area contributed by atoms with Crippen LogP contribution >= 0.6 is 23.2 Å². The van der Waals surface area contributed by atoms with E-state index in [9.17, 15) is 4.79 Å². The van der Waals surface area contributed by atoms with E-state index in [1.54, 1.807) is 25.3 Å². The first-order valence-electron chi connectivity index (χ1n) is 6.91. The Bertz CT molecular complexity index is 883. The first-order valence-corrected chi connectivity index (χ1v) is 7.67. The number of carbonyl (C=O) groups is 1. The Kier molecular flexibility index (Phi) is 4.20. The number of aryl methyl sites for hydroxylation is 1. The van der Waals surface area contributed by atoms with E-state index in [1.165, 1.54) is 0 Å². The summed E-state index contributed by atoms with van der Waals surface area (Å²) < 4.78 is 5.20. The summed E-state index contributed by atoms with van der Waals surface area (Å²) >= 11 is 11.9. The molecule has 118 valence electrons. The summed E-state index contributed by atoms with van der Waals surface area (Å²) in [5.74, 6) is 0.475. The van der Waals surface area contributed by atoms with Gasteiger partial charge in [-0.2, -0.15) is 0 Å². The smallest absolute Gasteiger partial charge is 0.272 e. The Morgan fingerprint density at radius 3 is 2.48 bits per heavy atom. The highest BCUT2D eigenvalue weighted by Gasteiger charge is 2.15. The van der Waals surface area contributed by atoms with E-state index in [2.05, 4.69) is 10.3 Å². The predicted molar refractivity (Wildman–Crippen MR) is 94.0 cm³/mol. The number of hydrogen-bond donors (Lipinski definition) is 2. The highest BCUT2D eigenvalue weighted by Crippen LogP contribution is 2.27. The second kappa shape index (κ2) is 6.14. The lowest BCUT2D eigenvalue weighted by Gasteiger charge is -2.06. The lowest BCUT2D eigenvalue weighted by molar-refractivity contribution is 0.102. The first-order chi connectivity index (χ1) is 11.0. The normalized spacial score (nSPS) is 10.8. The third kappa shape index (κ3) is 3.14. The lowest BCUT2D eigenvalue weighted by atomic mass is 10.1. The van der Waals surface area contributed by atoms with Crippen molar-refractivity contribution < 1.29 is 9.53 Å². The second-order valence-electron chi connectivity index (χ2n) is 5.15. The van der Waals surface area contributed by atoms with E-state index in [0.29, 0.717) is 21.4 Å². The summed E-state index contributed by atoms with van der Waals surface area (Å²) in [6.45, 7) is 1.89. The van der Waals surface area contributed by atoms with Crippen LogP contribution in [-0.4, -0.2) is 18.0 Å². The maximum Gasteiger partial charge on any atom is 0.272 e. The van der Waals surface area contributed by atoms with Gasteiger partial charge in [-0.15, -0.1) is 0 Å². The summed E-state index contributed by atoms with van der Waals surface area (Å²) in [6.07, 6.45) is 0. The molecule has 1 amide bonds. The van der Waals surface area contributed by atoms with E-state index < -0.39 is 0 Å². The average Bonchev–Trinajstić information content (AvgIpc) is 2.82. The molecule has 6 heteroatoms. The van der Waals surface area contributed by atoms with E-state index in [0.717, 1.165) is 22.2 Å². The third-order valence-electron chi connectivity index (χ3n) is 3.61. The van der Waals surface area contributed by atoms with E-state index in [1.807, 2.05) is 25.1 Å². The Balaban J connectivity index is 1.95. The minimum Gasteiger partial charge on any atom is -0.497 e. The predicted octanol–water partition coefficient (Wildman–Crippen LogP) is 5.04. The minimum absolute atomic E-state index is 0.254. The molecular weight excluding hydrogens is 335 g/mol. The number of nitrogens with one attached hydrogen (secondary N) is 2. The molecule has 2 N–H and O–H groups in total. The number of ether oxygens (including phenoxy) is 1. The summed E-state index contributed by atoms with van der Waals surface area (Å²) in [5, 5.41) is 4.70. The Morgan fingerprint density at radius 2 is 1.83 bits per heavy atom. The fourth-order valence-corrected chi connectivity index (χ4v) is 3.02. The quantitative estimate of drug-likeness (QED) is 0.696. The molecular formula is C17H14Cl2N2O2. The number of amides is 1. The van der Waals surface area contributed by atoms with Crippen molar-refractivity contribution in [2.75, 3.05) is 12.4 Å². The van der Waals surface area contributed by atoms with Gasteiger partial charge in [0.05, 0.1) is 7.11 Å². The second-order valence-corrected chi connectivity index (χ2v) is 6.02. The zero-order valence-electron chi connectivity index (χ0n) is 12.5. The van der Waals surface area contributed by atoms with Crippen LogP contribution in [0, 0.1) is 6.92 Å². The largest absolute Gasteiger partial charge is 0.497 e. The van der Waals surface area contributed by atoms with Gasteiger partial charge in [-0.05, 0) is 42.8 Å². The maximum atomic E-state index is 12.5. The zero-order valence-corrected chi connectivity index (χ0v) is 14.0. The molecule has 0 fully saturated rings. The van der Waals surface area contributed by atoms with Gasteiger partial charge in [0.1, 0.15) is 11.4 Å². The number of aromatic amines is 1. The van der Waals surface area contributed by atoms with Crippen LogP contribution in [0.4, 0.5) is 5.69 Å². The number of benzene rings is 2. The van der Waals surface area contributed by atoms with Crippen molar-refractivity contribution in [2.45, 2.75) is 6.92 Å². The van der Waals surface area contributed by atoms with Gasteiger partial charge in [0, 0.05) is 32.7 Å². The van der Waals surface area contributed by atoms with Crippen molar-refractivity contribution in [2.24, 2.45) is 0 Å². The minimum atomic E-state index is -0.254. The van der Waals surface area contributed by atoms with Crippen molar-refractivity contribution in [1.29, 1.82) is 0 Å². The number of rotatable bonds is 3. The van der Waals surface area contributed by atoms with Gasteiger partial charge in [0.2, 0.25) is 0 Å². The number of halogens is 2. The maximum absolute atomic E-state index is 12.5. The molecule has 3 aromatic rings. The summed E-state index contributed by atoms with van der Waals surface area (Å²) in [4.78, 5) is 15.7. The highest BCUT2D eigenvalue weighted by molar-refractivity contribution is 6.35. The fourth-order valence-electron chi connectivity index (χ4n) is 2.49. The number of H-pyrrole nitrogens is 1. The number of anilines is 1. The van der Waals surface area contributed by atoms with Gasteiger partial charge in [0.25, 0.3) is 5.91 Å². The Morgan fingerprint density at radius 1 is 1.13 bits per heavy atom. The standard InChI is InChI=1S/C17H14Cl2N2O2/c1-9-14-4-3-13(23-2)8-15(14)21-16(9)17(22)20-12-6-10(18)5-11(19)7-12/h3-8,21H,1-2H3,(H,20,22). The average molecular weight is 349 g/mol. The number of methoxy groups -OCH3 is 1. The number of aromatic nitrogens is 1. The Labute approximate surface area is 143 Å². The van der Waals surface area contributed by atoms with Gasteiger partial charge >= 0.3 is 0 Å². The molecule has 0 aliphatic heterocycles. The molecule has 23 heavy (non-hydrogen) atoms. The topological polar surface area (TPSA) is 54.1 Å². The molecule has 0 aliphatic rings. The molecule has 3 rings (SSSR count). The molecule has 4 nitrogen and oxygen atoms in total. The lowest BCUT2D eigenvalue weighted by Crippen LogP contribution is -2.13. The SMILES string of the molecule is COc1ccc2c(C)c(C(=O)Nc3cc(Cl)cc(Cl)c3)[nH]c2c1. The van der Waals surface area contributed by atoms with Crippen molar-refractivity contribution in [1.82, 2.24) is 4.98 Å². The van der Waals surface area contributed by atoms with Gasteiger partial charge in [0.15, 0.2) is 0 Å². The van der Waals surface area contributed by atoms with Crippen molar-refractivity contribution in [3.05, 3.63) is 57.7 Å². The van der Waals surface area contributed by atoms with Gasteiger partial charge in [-0.3, -0.25) is 4.79 Å². The summed E-state index contributed by atoms with van der Waals surface area (Å²) in [7, 11) is 1.60. The summed E-state index contributed by atoms with van der Waals surface area (Å²) in [5.41, 5.74) is 2.75. The van der Waals surface area contributed by atoms with Crippen LogP contribution in [0.15, 0.2) is 36.4 Å².